The Balaban J connectivity index is 0.00000561. The first-order chi connectivity index (χ1) is 25.1. The van der Waals surface area contributed by atoms with Gasteiger partial charge in [-0.25, -0.2) is 4.98 Å². The van der Waals surface area contributed by atoms with Gasteiger partial charge in [-0.1, -0.05) is 12.1 Å². The first-order valence-corrected chi connectivity index (χ1v) is 16.5. The normalized spacial score (nSPS) is 13.8. The Labute approximate surface area is 317 Å². The number of fused-ring (bicyclic) bond motifs is 1. The van der Waals surface area contributed by atoms with Crippen molar-refractivity contribution >= 4 is 45.4 Å². The van der Waals surface area contributed by atoms with Crippen molar-refractivity contribution < 1.29 is 45.4 Å². The SMILES string of the molecule is Br.Cc1cc(C(F)(F)F)ccc1C(=O)N(C)c1ccc(Oc2ccc3cc(C(=O)N4CCN(Cc5ccc(OCC(F)(F)F)cc5)CC4)n(C)c3c2)nc1. The predicted molar refractivity (Wildman–Crippen MR) is 196 cm³/mol. The summed E-state index contributed by atoms with van der Waals surface area (Å²) in [6, 6.07) is 19.9. The lowest BCUT2D eigenvalue weighted by Crippen LogP contribution is -2.48. The maximum absolute atomic E-state index is 13.6. The molecule has 0 spiro atoms. The number of aryl methyl sites for hydroxylation is 2. The summed E-state index contributed by atoms with van der Waals surface area (Å²) in [6.45, 7) is 2.98. The van der Waals surface area contributed by atoms with E-state index in [9.17, 15) is 35.9 Å². The van der Waals surface area contributed by atoms with E-state index in [1.165, 1.54) is 43.3 Å². The summed E-state index contributed by atoms with van der Waals surface area (Å²) < 4.78 is 89.0. The fraction of sp³-hybridized carbons (Fsp3) is 0.289. The van der Waals surface area contributed by atoms with Gasteiger partial charge in [-0.05, 0) is 72.6 Å². The fourth-order valence-electron chi connectivity index (χ4n) is 6.09. The van der Waals surface area contributed by atoms with E-state index in [1.807, 2.05) is 12.1 Å². The molecular formula is C38H36BrF6N5O4. The number of hydrogen-bond donors (Lipinski definition) is 0. The molecular weight excluding hydrogens is 784 g/mol. The molecule has 0 atom stereocenters. The van der Waals surface area contributed by atoms with Crippen LogP contribution in [0.5, 0.6) is 17.4 Å². The van der Waals surface area contributed by atoms with E-state index in [4.69, 9.17) is 9.47 Å². The van der Waals surface area contributed by atoms with E-state index in [0.717, 1.165) is 28.6 Å². The van der Waals surface area contributed by atoms with Gasteiger partial charge in [0.05, 0.1) is 23.0 Å². The molecule has 2 aromatic heterocycles. The Morgan fingerprint density at radius 1 is 0.852 bits per heavy atom. The van der Waals surface area contributed by atoms with Crippen LogP contribution in [0, 0.1) is 6.92 Å². The van der Waals surface area contributed by atoms with Crippen molar-refractivity contribution in [3.05, 3.63) is 113 Å². The molecule has 3 aromatic carbocycles. The number of ether oxygens (including phenoxy) is 2. The third kappa shape index (κ3) is 9.34. The van der Waals surface area contributed by atoms with Crippen molar-refractivity contribution in [2.75, 3.05) is 44.7 Å². The van der Waals surface area contributed by atoms with Crippen LogP contribution in [0.1, 0.15) is 37.5 Å². The Morgan fingerprint density at radius 2 is 1.54 bits per heavy atom. The highest BCUT2D eigenvalue weighted by Crippen LogP contribution is 2.32. The number of benzene rings is 3. The van der Waals surface area contributed by atoms with Crippen LogP contribution in [0.2, 0.25) is 0 Å². The molecule has 2 amide bonds. The number of rotatable bonds is 9. The van der Waals surface area contributed by atoms with E-state index in [2.05, 4.69) is 9.88 Å². The number of anilines is 1. The third-order valence-electron chi connectivity index (χ3n) is 9.05. The van der Waals surface area contributed by atoms with Gasteiger partial charge in [0.25, 0.3) is 11.8 Å². The second-order valence-electron chi connectivity index (χ2n) is 12.8. The van der Waals surface area contributed by atoms with Gasteiger partial charge in [-0.2, -0.15) is 26.3 Å². The van der Waals surface area contributed by atoms with Crippen molar-refractivity contribution in [3.8, 4) is 17.4 Å². The number of halogens is 7. The highest BCUT2D eigenvalue weighted by molar-refractivity contribution is 8.93. The van der Waals surface area contributed by atoms with Crippen molar-refractivity contribution in [2.45, 2.75) is 25.8 Å². The molecule has 0 unspecified atom stereocenters. The van der Waals surface area contributed by atoms with Crippen LogP contribution < -0.4 is 14.4 Å². The summed E-state index contributed by atoms with van der Waals surface area (Å²) in [7, 11) is 3.31. The molecule has 0 N–H and O–H groups in total. The number of pyridine rings is 1. The third-order valence-corrected chi connectivity index (χ3v) is 9.05. The zero-order chi connectivity index (χ0) is 38.1. The van der Waals surface area contributed by atoms with E-state index in [-0.39, 0.29) is 45.6 Å². The van der Waals surface area contributed by atoms with Crippen LogP contribution >= 0.6 is 17.0 Å². The highest BCUT2D eigenvalue weighted by Gasteiger charge is 2.32. The molecule has 0 bridgehead atoms. The first kappa shape index (κ1) is 40.1. The molecule has 6 rings (SSSR count). The number of hydrogen-bond acceptors (Lipinski definition) is 6. The number of amides is 2. The number of carbonyl (C=O) groups is 2. The zero-order valence-electron chi connectivity index (χ0n) is 29.4. The van der Waals surface area contributed by atoms with Crippen LogP contribution in [-0.2, 0) is 19.8 Å². The zero-order valence-corrected chi connectivity index (χ0v) is 31.1. The van der Waals surface area contributed by atoms with Crippen LogP contribution in [0.4, 0.5) is 32.0 Å². The average Bonchev–Trinajstić information content (AvgIpc) is 3.45. The summed E-state index contributed by atoms with van der Waals surface area (Å²) in [5, 5.41) is 0.839. The molecule has 0 radical (unpaired) electrons. The van der Waals surface area contributed by atoms with Gasteiger partial charge >= 0.3 is 12.4 Å². The maximum Gasteiger partial charge on any atom is 0.422 e. The minimum Gasteiger partial charge on any atom is -0.484 e. The molecule has 5 aromatic rings. The number of aromatic nitrogens is 2. The largest absolute Gasteiger partial charge is 0.484 e. The Kier molecular flexibility index (Phi) is 12.0. The summed E-state index contributed by atoms with van der Waals surface area (Å²) in [5.41, 5.74) is 2.13. The molecule has 9 nitrogen and oxygen atoms in total. The van der Waals surface area contributed by atoms with E-state index in [0.29, 0.717) is 49.9 Å². The molecule has 1 aliphatic heterocycles. The summed E-state index contributed by atoms with van der Waals surface area (Å²) >= 11 is 0. The molecule has 286 valence electrons. The van der Waals surface area contributed by atoms with Gasteiger partial charge in [0.1, 0.15) is 17.2 Å². The topological polar surface area (TPSA) is 80.1 Å². The molecule has 0 saturated carbocycles. The monoisotopic (exact) mass is 819 g/mol. The first-order valence-electron chi connectivity index (χ1n) is 16.5. The lowest BCUT2D eigenvalue weighted by molar-refractivity contribution is -0.153. The number of piperazine rings is 1. The van der Waals surface area contributed by atoms with Gasteiger partial charge in [-0.3, -0.25) is 14.5 Å². The fourth-order valence-corrected chi connectivity index (χ4v) is 6.09. The molecule has 3 heterocycles. The summed E-state index contributed by atoms with van der Waals surface area (Å²) in [6.07, 6.45) is -7.48. The second-order valence-corrected chi connectivity index (χ2v) is 12.8. The maximum atomic E-state index is 13.6. The van der Waals surface area contributed by atoms with Crippen LogP contribution in [0.3, 0.4) is 0 Å². The van der Waals surface area contributed by atoms with Crippen LogP contribution in [-0.4, -0.2) is 77.2 Å². The highest BCUT2D eigenvalue weighted by atomic mass is 79.9. The number of nitrogens with zero attached hydrogens (tertiary/aromatic N) is 5. The standard InChI is InChI=1S/C38H35F6N5O4.BrH/c1-24-18-27(38(42,43)44)7-12-31(24)35(50)46(2)28-8-13-34(45-21-28)53-30-11-6-26-19-33(47(3)32(26)20-30)36(51)49-16-14-48(15-17-49)22-25-4-9-29(10-5-25)52-23-37(39,40)41;/h4-13,18-21H,14-17,22-23H2,1-3H3;1H. The molecule has 1 aliphatic rings. The van der Waals surface area contributed by atoms with Gasteiger partial charge in [0, 0.05) is 69.9 Å². The average molecular weight is 821 g/mol. The van der Waals surface area contributed by atoms with Crippen LogP contribution in [0.25, 0.3) is 10.9 Å². The van der Waals surface area contributed by atoms with E-state index in [1.54, 1.807) is 52.9 Å². The smallest absolute Gasteiger partial charge is 0.422 e. The quantitative estimate of drug-likeness (QED) is 0.139. The Hall–Kier alpha value is -5.09. The minimum absolute atomic E-state index is 0. The van der Waals surface area contributed by atoms with Gasteiger partial charge < -0.3 is 23.8 Å². The van der Waals surface area contributed by atoms with Crippen molar-refractivity contribution in [3.63, 3.8) is 0 Å². The van der Waals surface area contributed by atoms with E-state index >= 15 is 0 Å². The predicted octanol–water partition coefficient (Wildman–Crippen LogP) is 8.45. The van der Waals surface area contributed by atoms with Crippen LogP contribution in [0.15, 0.2) is 85.1 Å². The van der Waals surface area contributed by atoms with Gasteiger partial charge in [0.15, 0.2) is 6.61 Å². The Morgan fingerprint density at radius 3 is 2.15 bits per heavy atom. The lowest BCUT2D eigenvalue weighted by Gasteiger charge is -2.34. The Bertz CT molecular complexity index is 2110. The second kappa shape index (κ2) is 16.1. The summed E-state index contributed by atoms with van der Waals surface area (Å²) in [4.78, 5) is 36.2. The molecule has 1 fully saturated rings. The minimum atomic E-state index is -4.51. The number of alkyl halides is 6. The number of carbonyl (C=O) groups excluding carboxylic acids is 2. The molecule has 54 heavy (non-hydrogen) atoms. The lowest BCUT2D eigenvalue weighted by atomic mass is 10.0. The van der Waals surface area contributed by atoms with Crippen molar-refractivity contribution in [2.24, 2.45) is 7.05 Å². The van der Waals surface area contributed by atoms with E-state index < -0.39 is 30.4 Å². The van der Waals surface area contributed by atoms with Crippen molar-refractivity contribution in [1.29, 1.82) is 0 Å². The van der Waals surface area contributed by atoms with Gasteiger partial charge in [-0.15, -0.1) is 17.0 Å². The van der Waals surface area contributed by atoms with Gasteiger partial charge in [0.2, 0.25) is 5.88 Å². The molecule has 16 heteroatoms. The molecule has 0 aliphatic carbocycles. The molecule has 1 saturated heterocycles. The van der Waals surface area contributed by atoms with Crippen molar-refractivity contribution in [1.82, 2.24) is 19.4 Å². The summed E-state index contributed by atoms with van der Waals surface area (Å²) in [5.74, 6) is 0.264.